The third kappa shape index (κ3) is 3.46. The molecule has 1 atom stereocenters. The summed E-state index contributed by atoms with van der Waals surface area (Å²) in [6, 6.07) is 6.26. The molecule has 2 nitrogen and oxygen atoms in total. The van der Waals surface area contributed by atoms with Crippen LogP contribution in [-0.4, -0.2) is 13.2 Å². The van der Waals surface area contributed by atoms with Crippen molar-refractivity contribution in [2.45, 2.75) is 32.1 Å². The van der Waals surface area contributed by atoms with E-state index < -0.39 is 0 Å². The van der Waals surface area contributed by atoms with Crippen molar-refractivity contribution in [3.05, 3.63) is 28.2 Å². The fraction of sp³-hybridized carbons (Fsp3) is 0.571. The Hall–Kier alpha value is -0.540. The van der Waals surface area contributed by atoms with Gasteiger partial charge in [-0.1, -0.05) is 29.3 Å². The Kier molecular flexibility index (Phi) is 4.46. The Morgan fingerprint density at radius 3 is 2.76 bits per heavy atom. The second-order valence-electron chi connectivity index (χ2n) is 4.96. The predicted octanol–water partition coefficient (Wildman–Crippen LogP) is 3.69. The molecule has 1 saturated carbocycles. The summed E-state index contributed by atoms with van der Waals surface area (Å²) in [7, 11) is 0. The molecule has 0 spiro atoms. The molecule has 2 N–H and O–H groups in total. The van der Waals surface area contributed by atoms with Crippen LogP contribution in [0.25, 0.3) is 0 Å². The predicted molar refractivity (Wildman–Crippen MR) is 74.4 cm³/mol. The summed E-state index contributed by atoms with van der Waals surface area (Å²) in [6.07, 6.45) is 4.00. The van der Waals surface area contributed by atoms with Gasteiger partial charge in [-0.15, -0.1) is 0 Å². The summed E-state index contributed by atoms with van der Waals surface area (Å²) in [5, 5.41) is 0. The SMILES string of the molecule is CC(CN)c1cc(Br)cc(OCC2CCC2)c1. The van der Waals surface area contributed by atoms with E-state index >= 15 is 0 Å². The number of ether oxygens (including phenoxy) is 1. The Bertz CT molecular complexity index is 376. The van der Waals surface area contributed by atoms with E-state index in [9.17, 15) is 0 Å². The lowest BCUT2D eigenvalue weighted by atomic mass is 9.86. The van der Waals surface area contributed by atoms with E-state index in [1.807, 2.05) is 6.07 Å². The first-order valence-corrected chi connectivity index (χ1v) is 7.11. The van der Waals surface area contributed by atoms with Crippen molar-refractivity contribution in [1.29, 1.82) is 0 Å². The van der Waals surface area contributed by atoms with Crippen LogP contribution in [0, 0.1) is 5.92 Å². The van der Waals surface area contributed by atoms with Crippen molar-refractivity contribution in [3.8, 4) is 5.75 Å². The van der Waals surface area contributed by atoms with Crippen LogP contribution < -0.4 is 10.5 Å². The standard InChI is InChI=1S/C14H20BrNO/c1-10(8-16)12-5-13(15)7-14(6-12)17-9-11-3-2-4-11/h5-7,10-11H,2-4,8-9,16H2,1H3. The molecule has 0 saturated heterocycles. The Balaban J connectivity index is 2.02. The number of rotatable bonds is 5. The van der Waals surface area contributed by atoms with Crippen molar-refractivity contribution in [1.82, 2.24) is 0 Å². The molecular formula is C14H20BrNO. The molecule has 3 heteroatoms. The zero-order chi connectivity index (χ0) is 12.3. The molecule has 0 bridgehead atoms. The van der Waals surface area contributed by atoms with E-state index in [-0.39, 0.29) is 0 Å². The lowest BCUT2D eigenvalue weighted by Gasteiger charge is -2.25. The third-order valence-electron chi connectivity index (χ3n) is 3.53. The van der Waals surface area contributed by atoms with E-state index in [0.717, 1.165) is 22.7 Å². The molecule has 1 fully saturated rings. The fourth-order valence-corrected chi connectivity index (χ4v) is 2.45. The van der Waals surface area contributed by atoms with Crippen LogP contribution >= 0.6 is 15.9 Å². The maximum atomic E-state index is 5.86. The van der Waals surface area contributed by atoms with Gasteiger partial charge in [0.2, 0.25) is 0 Å². The monoisotopic (exact) mass is 297 g/mol. The summed E-state index contributed by atoms with van der Waals surface area (Å²) in [5.41, 5.74) is 6.94. The van der Waals surface area contributed by atoms with Gasteiger partial charge in [0.25, 0.3) is 0 Å². The summed E-state index contributed by atoms with van der Waals surface area (Å²) < 4.78 is 6.92. The number of halogens is 1. The number of hydrogen-bond acceptors (Lipinski definition) is 2. The molecule has 1 aromatic carbocycles. The smallest absolute Gasteiger partial charge is 0.120 e. The minimum absolute atomic E-state index is 0.374. The maximum absolute atomic E-state index is 5.86. The van der Waals surface area contributed by atoms with Crippen LogP contribution in [0.3, 0.4) is 0 Å². The average Bonchev–Trinajstić information content (AvgIpc) is 2.25. The first-order chi connectivity index (χ1) is 8.19. The second-order valence-corrected chi connectivity index (χ2v) is 5.88. The molecule has 1 aromatic rings. The fourth-order valence-electron chi connectivity index (χ4n) is 1.96. The van der Waals surface area contributed by atoms with Gasteiger partial charge >= 0.3 is 0 Å². The molecule has 94 valence electrons. The highest BCUT2D eigenvalue weighted by atomic mass is 79.9. The minimum atomic E-state index is 0.374. The van der Waals surface area contributed by atoms with E-state index in [1.165, 1.54) is 24.8 Å². The van der Waals surface area contributed by atoms with Gasteiger partial charge in [0.1, 0.15) is 5.75 Å². The second kappa shape index (κ2) is 5.87. The highest BCUT2D eigenvalue weighted by molar-refractivity contribution is 9.10. The minimum Gasteiger partial charge on any atom is -0.493 e. The van der Waals surface area contributed by atoms with Crippen LogP contribution in [0.2, 0.25) is 0 Å². The van der Waals surface area contributed by atoms with E-state index in [1.54, 1.807) is 0 Å². The zero-order valence-electron chi connectivity index (χ0n) is 10.3. The summed E-state index contributed by atoms with van der Waals surface area (Å²) in [5.74, 6) is 2.10. The normalized spacial score (nSPS) is 17.6. The molecule has 0 heterocycles. The molecule has 1 unspecified atom stereocenters. The largest absolute Gasteiger partial charge is 0.493 e. The third-order valence-corrected chi connectivity index (χ3v) is 3.98. The molecule has 17 heavy (non-hydrogen) atoms. The highest BCUT2D eigenvalue weighted by Crippen LogP contribution is 2.29. The van der Waals surface area contributed by atoms with Crippen molar-refractivity contribution >= 4 is 15.9 Å². The lowest BCUT2D eigenvalue weighted by Crippen LogP contribution is -2.19. The molecule has 0 radical (unpaired) electrons. The van der Waals surface area contributed by atoms with Crippen LogP contribution in [0.1, 0.15) is 37.7 Å². The van der Waals surface area contributed by atoms with Crippen molar-refractivity contribution in [2.24, 2.45) is 11.7 Å². The van der Waals surface area contributed by atoms with Gasteiger partial charge in [-0.05, 0) is 55.0 Å². The topological polar surface area (TPSA) is 35.2 Å². The molecule has 0 aromatic heterocycles. The lowest BCUT2D eigenvalue weighted by molar-refractivity contribution is 0.180. The summed E-state index contributed by atoms with van der Waals surface area (Å²) in [6.45, 7) is 3.66. The quantitative estimate of drug-likeness (QED) is 0.899. The molecule has 1 aliphatic carbocycles. The van der Waals surface area contributed by atoms with Crippen molar-refractivity contribution < 1.29 is 4.74 Å². The van der Waals surface area contributed by atoms with E-state index in [0.29, 0.717) is 12.5 Å². The first kappa shape index (κ1) is 12.9. The van der Waals surface area contributed by atoms with Gasteiger partial charge in [0, 0.05) is 4.47 Å². The van der Waals surface area contributed by atoms with Gasteiger partial charge < -0.3 is 10.5 Å². The van der Waals surface area contributed by atoms with Gasteiger partial charge in [-0.3, -0.25) is 0 Å². The molecule has 0 amide bonds. The van der Waals surface area contributed by atoms with E-state index in [4.69, 9.17) is 10.5 Å². The maximum Gasteiger partial charge on any atom is 0.120 e. The van der Waals surface area contributed by atoms with E-state index in [2.05, 4.69) is 35.0 Å². The average molecular weight is 298 g/mol. The van der Waals surface area contributed by atoms with Gasteiger partial charge in [0.05, 0.1) is 6.61 Å². The zero-order valence-corrected chi connectivity index (χ0v) is 11.9. The van der Waals surface area contributed by atoms with Gasteiger partial charge in [-0.2, -0.15) is 0 Å². The molecule has 2 rings (SSSR count). The first-order valence-electron chi connectivity index (χ1n) is 6.32. The highest BCUT2D eigenvalue weighted by Gasteiger charge is 2.18. The Morgan fingerprint density at radius 2 is 2.18 bits per heavy atom. The number of hydrogen-bond donors (Lipinski definition) is 1. The Morgan fingerprint density at radius 1 is 1.41 bits per heavy atom. The molecule has 0 aliphatic heterocycles. The number of nitrogens with two attached hydrogens (primary N) is 1. The number of benzene rings is 1. The molecule has 1 aliphatic rings. The summed E-state index contributed by atoms with van der Waals surface area (Å²) in [4.78, 5) is 0. The van der Waals surface area contributed by atoms with Crippen molar-refractivity contribution in [3.63, 3.8) is 0 Å². The summed E-state index contributed by atoms with van der Waals surface area (Å²) >= 11 is 3.53. The van der Waals surface area contributed by atoms with Crippen LogP contribution in [0.5, 0.6) is 5.75 Å². The molecular weight excluding hydrogens is 278 g/mol. The van der Waals surface area contributed by atoms with Crippen LogP contribution in [0.15, 0.2) is 22.7 Å². The Labute approximate surface area is 112 Å². The van der Waals surface area contributed by atoms with Gasteiger partial charge in [-0.25, -0.2) is 0 Å². The van der Waals surface area contributed by atoms with Crippen LogP contribution in [0.4, 0.5) is 0 Å². The van der Waals surface area contributed by atoms with Crippen molar-refractivity contribution in [2.75, 3.05) is 13.2 Å². The van der Waals surface area contributed by atoms with Gasteiger partial charge in [0.15, 0.2) is 0 Å². The van der Waals surface area contributed by atoms with Crippen LogP contribution in [-0.2, 0) is 0 Å².